The number of aromatic hydroxyl groups is 1. The van der Waals surface area contributed by atoms with Crippen molar-refractivity contribution in [1.29, 1.82) is 0 Å². The summed E-state index contributed by atoms with van der Waals surface area (Å²) in [5.74, 6) is 0.622. The van der Waals surface area contributed by atoms with E-state index in [2.05, 4.69) is 5.32 Å². The van der Waals surface area contributed by atoms with Gasteiger partial charge in [0, 0.05) is 10.8 Å². The number of carbonyl (C=O) groups is 1. The van der Waals surface area contributed by atoms with Crippen LogP contribution in [-0.4, -0.2) is 11.2 Å². The van der Waals surface area contributed by atoms with Gasteiger partial charge in [0.25, 0.3) is 0 Å². The molecule has 0 bridgehead atoms. The third-order valence-electron chi connectivity index (χ3n) is 4.31. The van der Waals surface area contributed by atoms with Crippen LogP contribution in [0.1, 0.15) is 0 Å². The molecule has 27 heavy (non-hydrogen) atoms. The van der Waals surface area contributed by atoms with Gasteiger partial charge in [-0.15, -0.1) is 0 Å². The molecule has 0 aliphatic heterocycles. The first-order valence-electron chi connectivity index (χ1n) is 8.56. The highest BCUT2D eigenvalue weighted by Crippen LogP contribution is 2.30. The summed E-state index contributed by atoms with van der Waals surface area (Å²) in [5, 5.41) is 14.1. The molecule has 0 unspecified atom stereocenters. The Labute approximate surface area is 156 Å². The Morgan fingerprint density at radius 3 is 2.07 bits per heavy atom. The van der Waals surface area contributed by atoms with E-state index in [0.717, 1.165) is 16.5 Å². The Balaban J connectivity index is 1.50. The van der Waals surface area contributed by atoms with E-state index in [4.69, 9.17) is 4.74 Å². The summed E-state index contributed by atoms with van der Waals surface area (Å²) < 4.78 is 5.38. The SMILES string of the molecule is O=C(Nc1ccc(O)c2ccccc12)Oc1ccc(-c2ccccc2)cc1. The van der Waals surface area contributed by atoms with Gasteiger partial charge in [-0.05, 0) is 35.4 Å². The molecule has 0 radical (unpaired) electrons. The molecule has 4 nitrogen and oxygen atoms in total. The van der Waals surface area contributed by atoms with Crippen molar-refractivity contribution in [2.75, 3.05) is 5.32 Å². The van der Waals surface area contributed by atoms with E-state index < -0.39 is 6.09 Å². The van der Waals surface area contributed by atoms with Crippen molar-refractivity contribution in [2.24, 2.45) is 0 Å². The van der Waals surface area contributed by atoms with Crippen molar-refractivity contribution in [3.05, 3.63) is 91.0 Å². The quantitative estimate of drug-likeness (QED) is 0.455. The number of phenolic OH excluding ortho intramolecular Hbond substituents is 1. The fourth-order valence-corrected chi connectivity index (χ4v) is 2.98. The van der Waals surface area contributed by atoms with Gasteiger partial charge in [0.1, 0.15) is 11.5 Å². The largest absolute Gasteiger partial charge is 0.507 e. The molecule has 0 spiro atoms. The zero-order valence-corrected chi connectivity index (χ0v) is 14.4. The predicted octanol–water partition coefficient (Wildman–Crippen LogP) is 5.82. The van der Waals surface area contributed by atoms with E-state index in [-0.39, 0.29) is 5.75 Å². The second-order valence-corrected chi connectivity index (χ2v) is 6.08. The fourth-order valence-electron chi connectivity index (χ4n) is 2.98. The second kappa shape index (κ2) is 7.22. The Morgan fingerprint density at radius 1 is 0.704 bits per heavy atom. The highest BCUT2D eigenvalue weighted by molar-refractivity contribution is 6.02. The Kier molecular flexibility index (Phi) is 4.45. The van der Waals surface area contributed by atoms with Gasteiger partial charge in [-0.25, -0.2) is 4.79 Å². The van der Waals surface area contributed by atoms with E-state index in [9.17, 15) is 9.90 Å². The number of carbonyl (C=O) groups excluding carboxylic acids is 1. The molecule has 4 heteroatoms. The number of fused-ring (bicyclic) bond motifs is 1. The van der Waals surface area contributed by atoms with Crippen LogP contribution in [0, 0.1) is 0 Å². The number of benzene rings is 4. The summed E-state index contributed by atoms with van der Waals surface area (Å²) in [5.41, 5.74) is 2.73. The summed E-state index contributed by atoms with van der Waals surface area (Å²) in [6.45, 7) is 0. The van der Waals surface area contributed by atoms with Gasteiger partial charge in [0.15, 0.2) is 0 Å². The van der Waals surface area contributed by atoms with Crippen molar-refractivity contribution >= 4 is 22.6 Å². The number of amides is 1. The normalized spacial score (nSPS) is 10.5. The molecular weight excluding hydrogens is 338 g/mol. The van der Waals surface area contributed by atoms with Gasteiger partial charge in [-0.1, -0.05) is 66.7 Å². The van der Waals surface area contributed by atoms with Crippen LogP contribution in [0.3, 0.4) is 0 Å². The average Bonchev–Trinajstić information content (AvgIpc) is 2.71. The molecule has 4 rings (SSSR count). The van der Waals surface area contributed by atoms with Crippen LogP contribution in [0.2, 0.25) is 0 Å². The maximum Gasteiger partial charge on any atom is 0.417 e. The van der Waals surface area contributed by atoms with Crippen molar-refractivity contribution in [1.82, 2.24) is 0 Å². The lowest BCUT2D eigenvalue weighted by molar-refractivity contribution is 0.215. The van der Waals surface area contributed by atoms with Crippen LogP contribution in [0.25, 0.3) is 21.9 Å². The molecule has 0 heterocycles. The summed E-state index contributed by atoms with van der Waals surface area (Å²) in [6.07, 6.45) is -0.585. The zero-order valence-electron chi connectivity index (χ0n) is 14.4. The van der Waals surface area contributed by atoms with Gasteiger partial charge in [0.05, 0.1) is 5.69 Å². The second-order valence-electron chi connectivity index (χ2n) is 6.08. The third kappa shape index (κ3) is 3.60. The molecule has 1 amide bonds. The molecule has 132 valence electrons. The smallest absolute Gasteiger partial charge is 0.417 e. The van der Waals surface area contributed by atoms with Gasteiger partial charge >= 0.3 is 6.09 Å². The van der Waals surface area contributed by atoms with Crippen molar-refractivity contribution in [2.45, 2.75) is 0 Å². The Hall–Kier alpha value is -3.79. The van der Waals surface area contributed by atoms with Crippen LogP contribution in [0.15, 0.2) is 91.0 Å². The highest BCUT2D eigenvalue weighted by atomic mass is 16.6. The lowest BCUT2D eigenvalue weighted by Crippen LogP contribution is -2.16. The number of rotatable bonds is 3. The van der Waals surface area contributed by atoms with Gasteiger partial charge < -0.3 is 9.84 Å². The molecule has 2 N–H and O–H groups in total. The lowest BCUT2D eigenvalue weighted by atomic mass is 10.1. The minimum absolute atomic E-state index is 0.168. The molecule has 0 saturated heterocycles. The zero-order chi connectivity index (χ0) is 18.6. The Bertz CT molecular complexity index is 1090. The number of hydrogen-bond acceptors (Lipinski definition) is 3. The molecule has 0 saturated carbocycles. The summed E-state index contributed by atoms with van der Waals surface area (Å²) in [7, 11) is 0. The van der Waals surface area contributed by atoms with Crippen LogP contribution in [0.5, 0.6) is 11.5 Å². The first kappa shape index (κ1) is 16.7. The maximum atomic E-state index is 12.3. The van der Waals surface area contributed by atoms with Crippen molar-refractivity contribution in [3.63, 3.8) is 0 Å². The van der Waals surface area contributed by atoms with Crippen LogP contribution in [-0.2, 0) is 0 Å². The number of phenols is 1. The van der Waals surface area contributed by atoms with Gasteiger partial charge in [-0.2, -0.15) is 0 Å². The first-order chi connectivity index (χ1) is 13.2. The molecule has 0 fully saturated rings. The van der Waals surface area contributed by atoms with Crippen molar-refractivity contribution in [3.8, 4) is 22.6 Å². The van der Waals surface area contributed by atoms with E-state index in [0.29, 0.717) is 16.8 Å². The summed E-state index contributed by atoms with van der Waals surface area (Å²) >= 11 is 0. The molecule has 0 aliphatic rings. The number of ether oxygens (including phenoxy) is 1. The highest BCUT2D eigenvalue weighted by Gasteiger charge is 2.10. The molecule has 0 aliphatic carbocycles. The molecular formula is C23H17NO3. The third-order valence-corrected chi connectivity index (χ3v) is 4.31. The monoisotopic (exact) mass is 355 g/mol. The maximum absolute atomic E-state index is 12.3. The predicted molar refractivity (Wildman–Crippen MR) is 107 cm³/mol. The van der Waals surface area contributed by atoms with E-state index in [1.54, 1.807) is 30.3 Å². The number of nitrogens with one attached hydrogen (secondary N) is 1. The van der Waals surface area contributed by atoms with Crippen LogP contribution in [0.4, 0.5) is 10.5 Å². The van der Waals surface area contributed by atoms with Crippen molar-refractivity contribution < 1.29 is 14.6 Å². The average molecular weight is 355 g/mol. The van der Waals surface area contributed by atoms with E-state index >= 15 is 0 Å². The number of hydrogen-bond donors (Lipinski definition) is 2. The van der Waals surface area contributed by atoms with Crippen LogP contribution >= 0.6 is 0 Å². The molecule has 4 aromatic carbocycles. The van der Waals surface area contributed by atoms with Gasteiger partial charge in [-0.3, -0.25) is 5.32 Å². The molecule has 0 atom stereocenters. The minimum atomic E-state index is -0.585. The minimum Gasteiger partial charge on any atom is -0.507 e. The topological polar surface area (TPSA) is 58.6 Å². The summed E-state index contributed by atoms with van der Waals surface area (Å²) in [4.78, 5) is 12.3. The van der Waals surface area contributed by atoms with E-state index in [1.165, 1.54) is 0 Å². The van der Waals surface area contributed by atoms with Crippen LogP contribution < -0.4 is 10.1 Å². The first-order valence-corrected chi connectivity index (χ1v) is 8.56. The summed E-state index contributed by atoms with van der Waals surface area (Å²) in [6, 6.07) is 27.8. The molecule has 0 aromatic heterocycles. The standard InChI is InChI=1S/C23H17NO3/c25-22-15-14-21(19-8-4-5-9-20(19)22)24-23(26)27-18-12-10-17(11-13-18)16-6-2-1-3-7-16/h1-15,25H,(H,24,26). The fraction of sp³-hybridized carbons (Fsp3) is 0. The lowest BCUT2D eigenvalue weighted by Gasteiger charge is -2.10. The Morgan fingerprint density at radius 2 is 1.33 bits per heavy atom. The molecule has 4 aromatic rings. The number of anilines is 1. The van der Waals surface area contributed by atoms with E-state index in [1.807, 2.05) is 60.7 Å². The van der Waals surface area contributed by atoms with Gasteiger partial charge in [0.2, 0.25) is 0 Å².